The molecule has 11 heteroatoms. The fourth-order valence-electron chi connectivity index (χ4n) is 6.48. The van der Waals surface area contributed by atoms with Crippen LogP contribution in [0.2, 0.25) is 0 Å². The molecular formula is C30H40N8O3. The predicted molar refractivity (Wildman–Crippen MR) is 158 cm³/mol. The number of fused-ring (bicyclic) bond motifs is 3. The van der Waals surface area contributed by atoms with Crippen LogP contribution in [0.25, 0.3) is 11.0 Å². The van der Waals surface area contributed by atoms with Crippen LogP contribution < -0.4 is 10.2 Å². The number of ether oxygens (including phenoxy) is 1. The van der Waals surface area contributed by atoms with Gasteiger partial charge in [0, 0.05) is 44.8 Å². The largest absolute Gasteiger partial charge is 0.444 e. The Bertz CT molecular complexity index is 1420. The van der Waals surface area contributed by atoms with E-state index in [4.69, 9.17) is 9.72 Å². The first-order valence-electron chi connectivity index (χ1n) is 14.7. The van der Waals surface area contributed by atoms with Crippen molar-refractivity contribution in [2.45, 2.75) is 83.0 Å². The van der Waals surface area contributed by atoms with Gasteiger partial charge in [-0.05, 0) is 64.7 Å². The Labute approximate surface area is 240 Å². The van der Waals surface area contributed by atoms with Gasteiger partial charge in [-0.3, -0.25) is 9.69 Å². The number of nitrogens with zero attached hydrogens (tertiary/aromatic N) is 7. The number of carbonyl (C=O) groups excluding carboxylic acids is 2. The monoisotopic (exact) mass is 560 g/mol. The van der Waals surface area contributed by atoms with Gasteiger partial charge in [0.25, 0.3) is 5.91 Å². The molecule has 0 spiro atoms. The third-order valence-corrected chi connectivity index (χ3v) is 8.33. The zero-order chi connectivity index (χ0) is 28.9. The van der Waals surface area contributed by atoms with Crippen molar-refractivity contribution < 1.29 is 14.3 Å². The molecule has 2 bridgehead atoms. The molecule has 2 saturated heterocycles. The number of nitrogens with one attached hydrogen (secondary N) is 1. The van der Waals surface area contributed by atoms with E-state index in [-0.39, 0.29) is 30.1 Å². The summed E-state index contributed by atoms with van der Waals surface area (Å²) in [5.74, 6) is 1.07. The van der Waals surface area contributed by atoms with Crippen LogP contribution >= 0.6 is 0 Å². The number of hydrogen-bond acceptors (Lipinski definition) is 8. The van der Waals surface area contributed by atoms with Gasteiger partial charge in [-0.1, -0.05) is 12.8 Å². The summed E-state index contributed by atoms with van der Waals surface area (Å²) in [6.07, 6.45) is 9.79. The summed E-state index contributed by atoms with van der Waals surface area (Å²) in [7, 11) is 3.55. The van der Waals surface area contributed by atoms with Crippen molar-refractivity contribution in [2.75, 3.05) is 37.4 Å². The van der Waals surface area contributed by atoms with Crippen molar-refractivity contribution in [3.05, 3.63) is 36.3 Å². The van der Waals surface area contributed by atoms with E-state index in [9.17, 15) is 9.59 Å². The molecule has 6 rings (SSSR count). The van der Waals surface area contributed by atoms with Crippen molar-refractivity contribution in [2.24, 2.45) is 0 Å². The van der Waals surface area contributed by atoms with Gasteiger partial charge in [0.15, 0.2) is 0 Å². The van der Waals surface area contributed by atoms with Crippen molar-refractivity contribution in [3.8, 4) is 0 Å². The SMILES string of the molecule is CN(C)C(=O)c1cc2cnc(Nc3ccc(N4CC5CCC(C4)N5C(=O)OC(C)(C)C)cn3)nc2n1C1CCCC1. The minimum absolute atomic E-state index is 0.0259. The number of carbonyl (C=O) groups is 2. The summed E-state index contributed by atoms with van der Waals surface area (Å²) >= 11 is 0. The molecule has 3 aliphatic rings. The van der Waals surface area contributed by atoms with Crippen molar-refractivity contribution in [3.63, 3.8) is 0 Å². The Morgan fingerprint density at radius 1 is 0.976 bits per heavy atom. The standard InChI is InChI=1S/C30H40N8O3/c1-30(2,3)41-29(40)37-22-10-11-23(37)18-36(17-22)21-12-13-25(31-16-21)33-28-32-15-19-14-24(27(39)35(4)5)38(26(19)34-28)20-8-6-7-9-20/h12-16,20,22-23H,6-11,17-18H2,1-5H3,(H,31,32,33,34). The molecule has 41 heavy (non-hydrogen) atoms. The smallest absolute Gasteiger partial charge is 0.410 e. The second kappa shape index (κ2) is 10.5. The molecule has 3 aromatic heterocycles. The van der Waals surface area contributed by atoms with Gasteiger partial charge in [0.1, 0.15) is 22.8 Å². The van der Waals surface area contributed by atoms with E-state index in [0.717, 1.165) is 68.3 Å². The van der Waals surface area contributed by atoms with Crippen LogP contribution in [0.15, 0.2) is 30.6 Å². The van der Waals surface area contributed by atoms with Gasteiger partial charge in [0.2, 0.25) is 5.95 Å². The highest BCUT2D eigenvalue weighted by Crippen LogP contribution is 2.36. The van der Waals surface area contributed by atoms with E-state index in [0.29, 0.717) is 17.5 Å². The van der Waals surface area contributed by atoms with Gasteiger partial charge < -0.3 is 24.4 Å². The van der Waals surface area contributed by atoms with E-state index in [2.05, 4.69) is 24.8 Å². The van der Waals surface area contributed by atoms with Crippen LogP contribution in [-0.2, 0) is 4.74 Å². The maximum Gasteiger partial charge on any atom is 0.410 e. The first-order valence-corrected chi connectivity index (χ1v) is 14.7. The number of pyridine rings is 1. The highest BCUT2D eigenvalue weighted by Gasteiger charge is 2.44. The minimum atomic E-state index is -0.500. The number of piperazine rings is 1. The Morgan fingerprint density at radius 2 is 1.68 bits per heavy atom. The lowest BCUT2D eigenvalue weighted by atomic mass is 10.1. The van der Waals surface area contributed by atoms with Gasteiger partial charge in [-0.25, -0.2) is 14.8 Å². The van der Waals surface area contributed by atoms with E-state index in [1.807, 2.05) is 50.1 Å². The Hall–Kier alpha value is -3.89. The first kappa shape index (κ1) is 27.3. The maximum absolute atomic E-state index is 13.0. The topological polar surface area (TPSA) is 109 Å². The predicted octanol–water partition coefficient (Wildman–Crippen LogP) is 4.97. The van der Waals surface area contributed by atoms with Crippen LogP contribution in [0.5, 0.6) is 0 Å². The van der Waals surface area contributed by atoms with E-state index in [1.54, 1.807) is 25.2 Å². The van der Waals surface area contributed by atoms with Crippen LogP contribution in [0.1, 0.15) is 75.8 Å². The zero-order valence-electron chi connectivity index (χ0n) is 24.6. The summed E-state index contributed by atoms with van der Waals surface area (Å²) in [5, 5.41) is 4.11. The molecule has 0 aromatic carbocycles. The third-order valence-electron chi connectivity index (χ3n) is 8.33. The van der Waals surface area contributed by atoms with Crippen LogP contribution in [-0.4, -0.2) is 86.2 Å². The number of hydrogen-bond donors (Lipinski definition) is 1. The zero-order valence-corrected chi connectivity index (χ0v) is 24.6. The molecule has 5 heterocycles. The van der Waals surface area contributed by atoms with Crippen molar-refractivity contribution in [1.82, 2.24) is 29.3 Å². The normalized spacial score (nSPS) is 21.0. The molecule has 0 radical (unpaired) electrons. The molecule has 1 N–H and O–H groups in total. The van der Waals surface area contributed by atoms with E-state index in [1.165, 1.54) is 0 Å². The van der Waals surface area contributed by atoms with Crippen LogP contribution in [0.3, 0.4) is 0 Å². The average molecular weight is 561 g/mol. The molecule has 11 nitrogen and oxygen atoms in total. The van der Waals surface area contributed by atoms with Gasteiger partial charge >= 0.3 is 6.09 Å². The summed E-state index contributed by atoms with van der Waals surface area (Å²) in [5.41, 5.74) is 1.95. The lowest BCUT2D eigenvalue weighted by molar-refractivity contribution is 0.0123. The fraction of sp³-hybridized carbons (Fsp3) is 0.567. The summed E-state index contributed by atoms with van der Waals surface area (Å²) in [6, 6.07) is 6.43. The summed E-state index contributed by atoms with van der Waals surface area (Å²) in [4.78, 5) is 45.7. The van der Waals surface area contributed by atoms with E-state index >= 15 is 0 Å². The van der Waals surface area contributed by atoms with E-state index < -0.39 is 5.60 Å². The molecule has 3 fully saturated rings. The van der Waals surface area contributed by atoms with Crippen LogP contribution in [0, 0.1) is 0 Å². The second-order valence-corrected chi connectivity index (χ2v) is 12.7. The number of aromatic nitrogens is 4. The highest BCUT2D eigenvalue weighted by atomic mass is 16.6. The third kappa shape index (κ3) is 5.41. The summed E-state index contributed by atoms with van der Waals surface area (Å²) in [6.45, 7) is 7.24. The van der Waals surface area contributed by atoms with Crippen molar-refractivity contribution in [1.29, 1.82) is 0 Å². The minimum Gasteiger partial charge on any atom is -0.444 e. The lowest BCUT2D eigenvalue weighted by Crippen LogP contribution is -2.56. The quantitative estimate of drug-likeness (QED) is 0.466. The molecule has 1 saturated carbocycles. The number of rotatable bonds is 5. The fourth-order valence-corrected chi connectivity index (χ4v) is 6.48. The second-order valence-electron chi connectivity index (χ2n) is 12.7. The molecule has 2 unspecified atom stereocenters. The molecule has 2 amide bonds. The molecule has 2 aliphatic heterocycles. The first-order chi connectivity index (χ1) is 19.6. The van der Waals surface area contributed by atoms with Crippen LogP contribution in [0.4, 0.5) is 22.2 Å². The van der Waals surface area contributed by atoms with Crippen molar-refractivity contribution >= 4 is 40.5 Å². The Kier molecular flexibility index (Phi) is 6.99. The molecular weight excluding hydrogens is 520 g/mol. The summed E-state index contributed by atoms with van der Waals surface area (Å²) < 4.78 is 7.78. The molecule has 3 aromatic rings. The maximum atomic E-state index is 13.0. The number of amides is 2. The van der Waals surface area contributed by atoms with Gasteiger partial charge in [0.05, 0.1) is 24.0 Å². The highest BCUT2D eigenvalue weighted by molar-refractivity contribution is 5.98. The average Bonchev–Trinajstić information content (AvgIpc) is 3.63. The Morgan fingerprint density at radius 3 is 2.29 bits per heavy atom. The molecule has 2 atom stereocenters. The molecule has 1 aliphatic carbocycles. The van der Waals surface area contributed by atoms with Gasteiger partial charge in [-0.2, -0.15) is 4.98 Å². The number of anilines is 3. The van der Waals surface area contributed by atoms with Gasteiger partial charge in [-0.15, -0.1) is 0 Å². The molecule has 218 valence electrons. The lowest BCUT2D eigenvalue weighted by Gasteiger charge is -2.42. The Balaban J connectivity index is 1.18.